The van der Waals surface area contributed by atoms with Crippen molar-refractivity contribution in [1.82, 2.24) is 4.98 Å². The Hall–Kier alpha value is -1.97. The second-order valence-corrected chi connectivity index (χ2v) is 3.45. The zero-order valence-corrected chi connectivity index (χ0v) is 9.44. The molecular formula is C12H13NO3. The molecule has 0 aliphatic heterocycles. The smallest absolute Gasteiger partial charge is 0.170 e. The Kier molecular flexibility index (Phi) is 2.56. The molecule has 1 N–H and O–H groups in total. The number of methoxy groups -OCH3 is 2. The Morgan fingerprint density at radius 2 is 1.88 bits per heavy atom. The number of aromatic hydroxyl groups is 1. The predicted octanol–water partition coefficient (Wildman–Crippen LogP) is 2.27. The highest BCUT2D eigenvalue weighted by atomic mass is 16.5. The summed E-state index contributed by atoms with van der Waals surface area (Å²) in [7, 11) is 3.14. The summed E-state index contributed by atoms with van der Waals surface area (Å²) in [5.41, 5.74) is 0.597. The van der Waals surface area contributed by atoms with Gasteiger partial charge in [0.25, 0.3) is 0 Å². The number of aryl methyl sites for hydroxylation is 1. The Balaban J connectivity index is 2.84. The van der Waals surface area contributed by atoms with Crippen LogP contribution in [0.4, 0.5) is 0 Å². The topological polar surface area (TPSA) is 51.6 Å². The van der Waals surface area contributed by atoms with Crippen LogP contribution in [0.25, 0.3) is 10.8 Å². The summed E-state index contributed by atoms with van der Waals surface area (Å²) in [6, 6.07) is 3.56. The Morgan fingerprint density at radius 3 is 2.50 bits per heavy atom. The van der Waals surface area contributed by atoms with Crippen molar-refractivity contribution in [2.75, 3.05) is 14.2 Å². The van der Waals surface area contributed by atoms with E-state index >= 15 is 0 Å². The van der Waals surface area contributed by atoms with Crippen LogP contribution in [0.2, 0.25) is 0 Å². The lowest BCUT2D eigenvalue weighted by atomic mass is 10.1. The van der Waals surface area contributed by atoms with Gasteiger partial charge in [0.1, 0.15) is 5.75 Å². The van der Waals surface area contributed by atoms with Crippen LogP contribution in [0.3, 0.4) is 0 Å². The van der Waals surface area contributed by atoms with Crippen LogP contribution in [0, 0.1) is 6.92 Å². The van der Waals surface area contributed by atoms with E-state index in [-0.39, 0.29) is 5.75 Å². The Bertz CT molecular complexity index is 537. The SMILES string of the molecule is COc1ccc2c(O)c(C)ncc2c1OC. The number of nitrogens with zero attached hydrogens (tertiary/aromatic N) is 1. The van der Waals surface area contributed by atoms with Crippen LogP contribution >= 0.6 is 0 Å². The predicted molar refractivity (Wildman–Crippen MR) is 61.2 cm³/mol. The van der Waals surface area contributed by atoms with E-state index in [1.54, 1.807) is 39.5 Å². The van der Waals surface area contributed by atoms with E-state index in [9.17, 15) is 5.11 Å². The van der Waals surface area contributed by atoms with Crippen molar-refractivity contribution in [3.63, 3.8) is 0 Å². The molecule has 84 valence electrons. The molecule has 1 aromatic heterocycles. The van der Waals surface area contributed by atoms with Gasteiger partial charge in [-0.05, 0) is 19.1 Å². The maximum absolute atomic E-state index is 9.88. The van der Waals surface area contributed by atoms with Gasteiger partial charge in [-0.25, -0.2) is 0 Å². The first-order valence-corrected chi connectivity index (χ1v) is 4.88. The maximum atomic E-state index is 9.88. The lowest BCUT2D eigenvalue weighted by Gasteiger charge is -2.11. The number of pyridine rings is 1. The van der Waals surface area contributed by atoms with Gasteiger partial charge in [-0.2, -0.15) is 0 Å². The first-order valence-electron chi connectivity index (χ1n) is 4.88. The molecule has 0 amide bonds. The molecule has 0 aliphatic rings. The molecule has 0 spiro atoms. The third kappa shape index (κ3) is 1.43. The van der Waals surface area contributed by atoms with Crippen LogP contribution in [0.15, 0.2) is 18.3 Å². The molecule has 0 atom stereocenters. The third-order valence-corrected chi connectivity index (χ3v) is 2.57. The van der Waals surface area contributed by atoms with Crippen molar-refractivity contribution in [3.05, 3.63) is 24.0 Å². The molecule has 1 aromatic carbocycles. The van der Waals surface area contributed by atoms with Crippen LogP contribution in [0.1, 0.15) is 5.69 Å². The summed E-state index contributed by atoms with van der Waals surface area (Å²) in [4.78, 5) is 4.11. The van der Waals surface area contributed by atoms with Gasteiger partial charge in [0.15, 0.2) is 11.5 Å². The second kappa shape index (κ2) is 3.89. The van der Waals surface area contributed by atoms with E-state index in [1.165, 1.54) is 0 Å². The molecule has 0 aliphatic carbocycles. The summed E-state index contributed by atoms with van der Waals surface area (Å²) in [6.07, 6.45) is 1.67. The van der Waals surface area contributed by atoms with E-state index < -0.39 is 0 Å². The maximum Gasteiger partial charge on any atom is 0.170 e. The number of aromatic nitrogens is 1. The van der Waals surface area contributed by atoms with Gasteiger partial charge in [-0.15, -0.1) is 0 Å². The average Bonchev–Trinajstić information content (AvgIpc) is 2.32. The molecule has 0 radical (unpaired) electrons. The number of benzene rings is 1. The highest BCUT2D eigenvalue weighted by Crippen LogP contribution is 2.38. The van der Waals surface area contributed by atoms with E-state index in [1.807, 2.05) is 0 Å². The van der Waals surface area contributed by atoms with Crippen molar-refractivity contribution in [3.8, 4) is 17.2 Å². The number of fused-ring (bicyclic) bond motifs is 1. The molecule has 0 fully saturated rings. The van der Waals surface area contributed by atoms with Gasteiger partial charge in [0.2, 0.25) is 0 Å². The lowest BCUT2D eigenvalue weighted by Crippen LogP contribution is -1.93. The third-order valence-electron chi connectivity index (χ3n) is 2.57. The van der Waals surface area contributed by atoms with E-state index in [2.05, 4.69) is 4.98 Å². The van der Waals surface area contributed by atoms with Crippen LogP contribution < -0.4 is 9.47 Å². The fourth-order valence-corrected chi connectivity index (χ4v) is 1.70. The van der Waals surface area contributed by atoms with Gasteiger partial charge < -0.3 is 14.6 Å². The number of rotatable bonds is 2. The molecule has 16 heavy (non-hydrogen) atoms. The normalized spacial score (nSPS) is 10.4. The summed E-state index contributed by atoms with van der Waals surface area (Å²) >= 11 is 0. The fraction of sp³-hybridized carbons (Fsp3) is 0.250. The molecule has 4 heteroatoms. The zero-order valence-electron chi connectivity index (χ0n) is 9.44. The van der Waals surface area contributed by atoms with Gasteiger partial charge in [-0.3, -0.25) is 4.98 Å². The van der Waals surface area contributed by atoms with Crippen molar-refractivity contribution in [2.24, 2.45) is 0 Å². The molecule has 1 heterocycles. The first-order chi connectivity index (χ1) is 7.69. The highest BCUT2D eigenvalue weighted by molar-refractivity contribution is 5.94. The molecule has 0 unspecified atom stereocenters. The summed E-state index contributed by atoms with van der Waals surface area (Å²) in [6.45, 7) is 1.76. The second-order valence-electron chi connectivity index (χ2n) is 3.45. The molecule has 0 saturated heterocycles. The van der Waals surface area contributed by atoms with Crippen LogP contribution in [-0.2, 0) is 0 Å². The zero-order chi connectivity index (χ0) is 11.7. The molecule has 4 nitrogen and oxygen atoms in total. The Morgan fingerprint density at radius 1 is 1.12 bits per heavy atom. The molecule has 2 aromatic rings. The fourth-order valence-electron chi connectivity index (χ4n) is 1.70. The minimum atomic E-state index is 0.179. The summed E-state index contributed by atoms with van der Waals surface area (Å²) in [5.74, 6) is 1.39. The molecule has 0 bridgehead atoms. The van der Waals surface area contributed by atoms with Crippen molar-refractivity contribution >= 4 is 10.8 Å². The monoisotopic (exact) mass is 219 g/mol. The van der Waals surface area contributed by atoms with Crippen LogP contribution in [-0.4, -0.2) is 24.3 Å². The van der Waals surface area contributed by atoms with Crippen molar-refractivity contribution in [2.45, 2.75) is 6.92 Å². The first kappa shape index (κ1) is 10.5. The summed E-state index contributed by atoms with van der Waals surface area (Å²) in [5, 5.41) is 11.3. The number of ether oxygens (including phenoxy) is 2. The van der Waals surface area contributed by atoms with Crippen molar-refractivity contribution < 1.29 is 14.6 Å². The molecule has 0 saturated carbocycles. The summed E-state index contributed by atoms with van der Waals surface area (Å²) < 4.78 is 10.4. The number of hydrogen-bond acceptors (Lipinski definition) is 4. The van der Waals surface area contributed by atoms with E-state index in [0.29, 0.717) is 22.6 Å². The molecule has 2 rings (SSSR count). The van der Waals surface area contributed by atoms with Gasteiger partial charge in [-0.1, -0.05) is 0 Å². The van der Waals surface area contributed by atoms with Crippen molar-refractivity contribution in [1.29, 1.82) is 0 Å². The van der Waals surface area contributed by atoms with E-state index in [0.717, 1.165) is 5.39 Å². The molecular weight excluding hydrogens is 206 g/mol. The van der Waals surface area contributed by atoms with Gasteiger partial charge in [0.05, 0.1) is 19.9 Å². The lowest BCUT2D eigenvalue weighted by molar-refractivity contribution is 0.358. The van der Waals surface area contributed by atoms with E-state index in [4.69, 9.17) is 9.47 Å². The van der Waals surface area contributed by atoms with Gasteiger partial charge in [0, 0.05) is 17.0 Å². The average molecular weight is 219 g/mol. The minimum absolute atomic E-state index is 0.179. The van der Waals surface area contributed by atoms with Gasteiger partial charge >= 0.3 is 0 Å². The standard InChI is InChI=1S/C12H13NO3/c1-7-11(14)8-4-5-10(15-2)12(16-3)9(8)6-13-7/h4-6,14H,1-3H3. The number of hydrogen-bond donors (Lipinski definition) is 1. The highest BCUT2D eigenvalue weighted by Gasteiger charge is 2.12. The Labute approximate surface area is 93.4 Å². The minimum Gasteiger partial charge on any atom is -0.505 e. The van der Waals surface area contributed by atoms with Crippen LogP contribution in [0.5, 0.6) is 17.2 Å². The quantitative estimate of drug-likeness (QED) is 0.841. The largest absolute Gasteiger partial charge is 0.505 e.